The van der Waals surface area contributed by atoms with Crippen LogP contribution in [-0.2, 0) is 0 Å². The molecule has 0 aliphatic carbocycles. The summed E-state index contributed by atoms with van der Waals surface area (Å²) >= 11 is 5.82. The van der Waals surface area contributed by atoms with Crippen LogP contribution in [0.25, 0.3) is 0 Å². The summed E-state index contributed by atoms with van der Waals surface area (Å²) in [5.41, 5.74) is 0.881. The molecule has 0 fully saturated rings. The Bertz CT molecular complexity index is 528. The van der Waals surface area contributed by atoms with Crippen molar-refractivity contribution < 1.29 is 4.74 Å². The van der Waals surface area contributed by atoms with E-state index >= 15 is 0 Å². The van der Waals surface area contributed by atoms with Crippen molar-refractivity contribution in [3.05, 3.63) is 41.0 Å². The zero-order valence-electron chi connectivity index (χ0n) is 10.3. The molecule has 0 saturated heterocycles. The van der Waals surface area contributed by atoms with Crippen molar-refractivity contribution in [1.82, 2.24) is 9.97 Å². The average Bonchev–Trinajstić information content (AvgIpc) is 2.36. The van der Waals surface area contributed by atoms with E-state index in [0.29, 0.717) is 22.6 Å². The van der Waals surface area contributed by atoms with E-state index in [2.05, 4.69) is 15.3 Å². The minimum atomic E-state index is 0.545. The van der Waals surface area contributed by atoms with Crippen LogP contribution in [0.1, 0.15) is 12.5 Å². The number of benzene rings is 1. The third kappa shape index (κ3) is 3.11. The van der Waals surface area contributed by atoms with Crippen LogP contribution in [0, 0.1) is 6.92 Å². The van der Waals surface area contributed by atoms with E-state index in [0.717, 1.165) is 12.1 Å². The lowest BCUT2D eigenvalue weighted by atomic mass is 10.3. The van der Waals surface area contributed by atoms with E-state index in [1.54, 1.807) is 30.5 Å². The van der Waals surface area contributed by atoms with Gasteiger partial charge in [0.25, 0.3) is 0 Å². The molecule has 0 spiro atoms. The standard InChI is InChI=1S/C13H14ClN3O/c1-3-15-13-16-8-9(2)12(17-13)18-11-6-4-10(14)5-7-11/h4-8H,3H2,1-2H3,(H,15,16,17). The fourth-order valence-electron chi connectivity index (χ4n) is 1.39. The molecule has 18 heavy (non-hydrogen) atoms. The quantitative estimate of drug-likeness (QED) is 0.914. The Hall–Kier alpha value is -1.81. The fourth-order valence-corrected chi connectivity index (χ4v) is 1.51. The highest BCUT2D eigenvalue weighted by molar-refractivity contribution is 6.30. The van der Waals surface area contributed by atoms with Crippen LogP contribution in [0.4, 0.5) is 5.95 Å². The van der Waals surface area contributed by atoms with E-state index in [1.807, 2.05) is 13.8 Å². The SMILES string of the molecule is CCNc1ncc(C)c(Oc2ccc(Cl)cc2)n1. The van der Waals surface area contributed by atoms with Crippen LogP contribution in [0.2, 0.25) is 5.02 Å². The predicted molar refractivity (Wildman–Crippen MR) is 72.5 cm³/mol. The highest BCUT2D eigenvalue weighted by Crippen LogP contribution is 2.24. The van der Waals surface area contributed by atoms with Crippen molar-refractivity contribution in [2.75, 3.05) is 11.9 Å². The van der Waals surface area contributed by atoms with Gasteiger partial charge in [-0.05, 0) is 38.1 Å². The summed E-state index contributed by atoms with van der Waals surface area (Å²) in [4.78, 5) is 8.46. The summed E-state index contributed by atoms with van der Waals surface area (Å²) < 4.78 is 5.70. The number of rotatable bonds is 4. The van der Waals surface area contributed by atoms with Crippen LogP contribution < -0.4 is 10.1 Å². The van der Waals surface area contributed by atoms with E-state index in [9.17, 15) is 0 Å². The number of aromatic nitrogens is 2. The molecule has 2 rings (SSSR count). The maximum absolute atomic E-state index is 5.82. The number of hydrogen-bond donors (Lipinski definition) is 1. The Balaban J connectivity index is 2.22. The van der Waals surface area contributed by atoms with Crippen molar-refractivity contribution in [1.29, 1.82) is 0 Å². The molecule has 0 saturated carbocycles. The Morgan fingerprint density at radius 2 is 2.00 bits per heavy atom. The van der Waals surface area contributed by atoms with Gasteiger partial charge in [-0.3, -0.25) is 0 Å². The number of nitrogens with zero attached hydrogens (tertiary/aromatic N) is 2. The van der Waals surface area contributed by atoms with Crippen molar-refractivity contribution in [3.8, 4) is 11.6 Å². The molecule has 2 aromatic rings. The van der Waals surface area contributed by atoms with Crippen LogP contribution in [0.15, 0.2) is 30.5 Å². The van der Waals surface area contributed by atoms with E-state index in [-0.39, 0.29) is 0 Å². The molecule has 1 aromatic carbocycles. The van der Waals surface area contributed by atoms with E-state index < -0.39 is 0 Å². The second kappa shape index (κ2) is 5.69. The molecule has 94 valence electrons. The van der Waals surface area contributed by atoms with Gasteiger partial charge in [0.05, 0.1) is 0 Å². The van der Waals surface area contributed by atoms with Crippen LogP contribution in [0.3, 0.4) is 0 Å². The molecule has 0 atom stereocenters. The Labute approximate surface area is 111 Å². The molecular formula is C13H14ClN3O. The van der Waals surface area contributed by atoms with Gasteiger partial charge in [0, 0.05) is 23.3 Å². The molecule has 0 bridgehead atoms. The lowest BCUT2D eigenvalue weighted by Gasteiger charge is -2.09. The zero-order valence-corrected chi connectivity index (χ0v) is 11.0. The van der Waals surface area contributed by atoms with Gasteiger partial charge in [-0.2, -0.15) is 4.98 Å². The molecular weight excluding hydrogens is 250 g/mol. The number of hydrogen-bond acceptors (Lipinski definition) is 4. The van der Waals surface area contributed by atoms with Gasteiger partial charge in [0.1, 0.15) is 5.75 Å². The van der Waals surface area contributed by atoms with Gasteiger partial charge in [-0.1, -0.05) is 11.6 Å². The van der Waals surface area contributed by atoms with Crippen LogP contribution >= 0.6 is 11.6 Å². The molecule has 5 heteroatoms. The number of ether oxygens (including phenoxy) is 1. The maximum Gasteiger partial charge on any atom is 0.226 e. The van der Waals surface area contributed by atoms with Gasteiger partial charge < -0.3 is 10.1 Å². The van der Waals surface area contributed by atoms with Crippen molar-refractivity contribution in [2.24, 2.45) is 0 Å². The van der Waals surface area contributed by atoms with Gasteiger partial charge in [-0.15, -0.1) is 0 Å². The highest BCUT2D eigenvalue weighted by atomic mass is 35.5. The minimum Gasteiger partial charge on any atom is -0.439 e. The van der Waals surface area contributed by atoms with Crippen molar-refractivity contribution in [3.63, 3.8) is 0 Å². The molecule has 1 aromatic heterocycles. The smallest absolute Gasteiger partial charge is 0.226 e. The largest absolute Gasteiger partial charge is 0.439 e. The molecule has 0 aliphatic rings. The summed E-state index contributed by atoms with van der Waals surface area (Å²) in [5, 5.41) is 3.72. The number of anilines is 1. The third-order valence-corrected chi connectivity index (χ3v) is 2.54. The Morgan fingerprint density at radius 3 is 2.67 bits per heavy atom. The van der Waals surface area contributed by atoms with Crippen molar-refractivity contribution >= 4 is 17.5 Å². The molecule has 0 amide bonds. The summed E-state index contributed by atoms with van der Waals surface area (Å²) in [6.45, 7) is 4.66. The summed E-state index contributed by atoms with van der Waals surface area (Å²) in [6, 6.07) is 7.16. The number of halogens is 1. The summed E-state index contributed by atoms with van der Waals surface area (Å²) in [6.07, 6.45) is 1.73. The molecule has 4 nitrogen and oxygen atoms in total. The topological polar surface area (TPSA) is 47.0 Å². The Morgan fingerprint density at radius 1 is 1.28 bits per heavy atom. The first-order valence-corrected chi connectivity index (χ1v) is 6.07. The number of aryl methyl sites for hydroxylation is 1. The normalized spacial score (nSPS) is 10.2. The summed E-state index contributed by atoms with van der Waals surface area (Å²) in [7, 11) is 0. The molecule has 1 N–H and O–H groups in total. The van der Waals surface area contributed by atoms with Gasteiger partial charge in [0.15, 0.2) is 0 Å². The summed E-state index contributed by atoms with van der Waals surface area (Å²) in [5.74, 6) is 1.80. The number of nitrogens with one attached hydrogen (secondary N) is 1. The lowest BCUT2D eigenvalue weighted by Crippen LogP contribution is -2.03. The first-order valence-electron chi connectivity index (χ1n) is 5.70. The van der Waals surface area contributed by atoms with Gasteiger partial charge in [0.2, 0.25) is 11.8 Å². The molecule has 0 aliphatic heterocycles. The van der Waals surface area contributed by atoms with Gasteiger partial charge in [-0.25, -0.2) is 4.98 Å². The zero-order chi connectivity index (χ0) is 13.0. The van der Waals surface area contributed by atoms with Crippen LogP contribution in [-0.4, -0.2) is 16.5 Å². The highest BCUT2D eigenvalue weighted by Gasteiger charge is 2.05. The lowest BCUT2D eigenvalue weighted by molar-refractivity contribution is 0.458. The van der Waals surface area contributed by atoms with E-state index in [1.165, 1.54) is 0 Å². The Kier molecular flexibility index (Phi) is 3.99. The van der Waals surface area contributed by atoms with Gasteiger partial charge >= 0.3 is 0 Å². The molecule has 1 heterocycles. The fraction of sp³-hybridized carbons (Fsp3) is 0.231. The second-order valence-corrected chi connectivity index (χ2v) is 4.20. The molecule has 0 unspecified atom stereocenters. The van der Waals surface area contributed by atoms with Crippen molar-refractivity contribution in [2.45, 2.75) is 13.8 Å². The predicted octanol–water partition coefficient (Wildman–Crippen LogP) is 3.66. The molecule has 0 radical (unpaired) electrons. The maximum atomic E-state index is 5.82. The third-order valence-electron chi connectivity index (χ3n) is 2.29. The minimum absolute atomic E-state index is 0.545. The second-order valence-electron chi connectivity index (χ2n) is 3.77. The van der Waals surface area contributed by atoms with Crippen LogP contribution in [0.5, 0.6) is 11.6 Å². The monoisotopic (exact) mass is 263 g/mol. The average molecular weight is 264 g/mol. The first kappa shape index (κ1) is 12.6. The first-order chi connectivity index (χ1) is 8.69. The van der Waals surface area contributed by atoms with E-state index in [4.69, 9.17) is 16.3 Å².